The number of nitrogens with two attached hydrogens (primary N) is 4. The van der Waals surface area contributed by atoms with Gasteiger partial charge in [-0.2, -0.15) is 0 Å². The van der Waals surface area contributed by atoms with Crippen molar-refractivity contribution < 1.29 is 87.4 Å². The van der Waals surface area contributed by atoms with Crippen LogP contribution in [0.2, 0.25) is 15.1 Å². The van der Waals surface area contributed by atoms with Crippen LogP contribution in [0.1, 0.15) is 240 Å². The van der Waals surface area contributed by atoms with E-state index in [1.807, 2.05) is 78.9 Å². The Morgan fingerprint density at radius 1 is 0.439 bits per heavy atom. The average Bonchev–Trinajstić information content (AvgIpc) is 1.64. The Kier molecular flexibility index (Phi) is 41.7. The van der Waals surface area contributed by atoms with E-state index in [-0.39, 0.29) is 136 Å². The number of sulfonamides is 2. The van der Waals surface area contributed by atoms with E-state index >= 15 is 0 Å². The van der Waals surface area contributed by atoms with E-state index in [9.17, 15) is 60.0 Å². The number of ketones is 6. The number of aromatic nitrogens is 3. The number of oxazole rings is 3. The van der Waals surface area contributed by atoms with Crippen LogP contribution in [0, 0.1) is 29.6 Å². The molecule has 0 unspecified atom stereocenters. The fraction of sp³-hybridized carbons (Fsp3) is 0.500. The van der Waals surface area contributed by atoms with Crippen LogP contribution >= 0.6 is 34.8 Å². The molecule has 7 heterocycles. The zero-order chi connectivity index (χ0) is 105. The molecule has 7 aromatic carbocycles. The number of fused-ring (bicyclic) bond motifs is 4. The molecule has 0 spiro atoms. The quantitative estimate of drug-likeness (QED) is 0.00806. The van der Waals surface area contributed by atoms with Gasteiger partial charge in [-0.25, -0.2) is 41.2 Å². The highest BCUT2D eigenvalue weighted by Gasteiger charge is 2.48. The summed E-state index contributed by atoms with van der Waals surface area (Å²) in [6.07, 6.45) is 19.1. The number of aliphatic imine (C=N–C) groups is 1. The number of para-hydroxylation sites is 6. The van der Waals surface area contributed by atoms with E-state index in [4.69, 9.17) is 85.2 Å². The number of guanidine groups is 1. The van der Waals surface area contributed by atoms with Crippen molar-refractivity contribution in [3.05, 3.63) is 230 Å². The van der Waals surface area contributed by atoms with E-state index < -0.39 is 104 Å². The number of Topliss-reactive ketones (excluding diaryl/α,β-unsaturated/α-hetero) is 6. The van der Waals surface area contributed by atoms with Gasteiger partial charge in [-0.05, 0) is 196 Å². The third kappa shape index (κ3) is 32.8. The first-order valence-corrected chi connectivity index (χ1v) is 56.6. The van der Waals surface area contributed by atoms with Gasteiger partial charge >= 0.3 is 0 Å². The maximum absolute atomic E-state index is 14.3. The first kappa shape index (κ1) is 113. The number of hydrogen-bond donors (Lipinski definition) is 7. The van der Waals surface area contributed by atoms with Crippen LogP contribution < -0.4 is 37.7 Å². The Bertz CT molecular complexity index is 6340. The molecule has 11 N–H and O–H groups in total. The van der Waals surface area contributed by atoms with Gasteiger partial charge in [0.25, 0.3) is 17.7 Å². The lowest BCUT2D eigenvalue weighted by Crippen LogP contribution is -2.52. The summed E-state index contributed by atoms with van der Waals surface area (Å²) in [7, 11) is -7.49. The third-order valence-electron chi connectivity index (χ3n) is 28.8. The lowest BCUT2D eigenvalue weighted by Gasteiger charge is -2.32. The van der Waals surface area contributed by atoms with Gasteiger partial charge < -0.3 is 70.4 Å². The molecule has 10 aromatic rings. The normalized spacial score (nSPS) is 19.8. The largest absolute Gasteiger partial charge is 0.434 e. The molecule has 5 fully saturated rings. The van der Waals surface area contributed by atoms with Crippen molar-refractivity contribution in [2.24, 2.45) is 57.5 Å². The van der Waals surface area contributed by atoms with Crippen molar-refractivity contribution in [1.29, 1.82) is 0 Å². The average molecular weight is 2130 g/mol. The smallest absolute Gasteiger partial charge is 0.264 e. The molecule has 3 saturated heterocycles. The Morgan fingerprint density at radius 3 is 1.13 bits per heavy atom. The number of benzene rings is 7. The van der Waals surface area contributed by atoms with Crippen LogP contribution in [-0.4, -0.2) is 211 Å². The minimum absolute atomic E-state index is 0.000322. The predicted octanol–water partition coefficient (Wildman–Crippen LogP) is 15.9. The van der Waals surface area contributed by atoms with Crippen LogP contribution in [0.15, 0.2) is 188 Å². The number of hydrogen-bond acceptors (Lipinski definition) is 26. The maximum atomic E-state index is 14.3. The fourth-order valence-corrected chi connectivity index (χ4v) is 22.8. The lowest BCUT2D eigenvalue weighted by molar-refractivity contribution is -0.139. The Labute approximate surface area is 879 Å². The number of likely N-dealkylation sites (tertiary alicyclic amines) is 3. The first-order valence-electron chi connectivity index (χ1n) is 51.7. The van der Waals surface area contributed by atoms with Crippen molar-refractivity contribution in [3.8, 4) is 0 Å². The second-order valence-electron chi connectivity index (χ2n) is 40.0. The molecule has 4 aliphatic heterocycles. The SMILES string of the molecule is CS(=O)(=O)N[C@H](CCC1CCCCC1)C(=O)N1C[C@H](OCc2ccc(Cl)cc2)C[C@H]1C(=O)C[C@@H](CCCCN)C(=O)c1nc2ccccc2o1.CS(=O)(=O)N[C@H](CCC1CCCCC1)C(=O)N1C[C@H](OCc2ccc(Cl)cc2)C[C@H]1C(=O)C[C@@H](CCCN=C(N)N)C(=O)c1nc2ccccc2o1.NCCCC[C@H](CC(=O)[C@@H]1C[C@@H](OCc2ccc(Cl)cc2)CN1C(=O)[C@H]1Cc2ccccc2CN1)C(=O)c1nc2ccccc2o1. The Hall–Kier alpha value is -10.9. The minimum Gasteiger partial charge on any atom is -0.434 e. The standard InChI is InChI=1S/C37H49ClN6O7S.C37H49ClN4O7S.C36H39ClN4O5/c1-52(48,49)43-30(18-15-24-8-3-2-4-9-24)36(47)44-22-28(50-23-25-13-16-27(38)17-14-25)21-31(44)32(45)20-26(10-7-19-41-37(39)40)34(46)35-42-29-11-5-6-12-33(29)51-35;1-50(46,47)41-31(19-16-25-9-3-2-4-10-25)37(45)42-23-29(48-24-26-14-17-28(38)18-15-26)22-32(42)33(43)21-27(11-7-8-20-39)35(44)36-40-30-12-5-6-13-34(30)49-36;37-27-14-12-23(13-15-27)22-45-28-19-31(41(21-28)36(44)30-17-24-7-1-2-9-26(24)20-39-30)32(42)18-25(8-5-6-16-38)34(43)35-40-29-10-3-4-11-33(29)46-35/h5-6,11-14,16-17,24,26,28,30-31,43H,2-4,7-10,15,18-23H2,1H3,(H4,39,40,41);5-6,12-15,17-18,25,27,29,31-32,41H,2-4,7-11,16,19-24,39H2,1H3;1-4,7,9-15,25,28,30-31,39H,5-6,8,16-22,38H2/t26-,28-,30-,31+;27-,29-,31-,32+;25-,28-,30-,31+/m111/s1. The summed E-state index contributed by atoms with van der Waals surface area (Å²) < 4.78 is 91.1. The van der Waals surface area contributed by atoms with Crippen molar-refractivity contribution in [2.45, 2.75) is 267 Å². The molecule has 3 aromatic heterocycles. The molecule has 0 radical (unpaired) electrons. The molecule has 2 saturated carbocycles. The molecular formula is C110H137Cl3N14O19S2. The van der Waals surface area contributed by atoms with Crippen LogP contribution in [0.3, 0.4) is 0 Å². The molecule has 794 valence electrons. The molecule has 148 heavy (non-hydrogen) atoms. The van der Waals surface area contributed by atoms with Crippen molar-refractivity contribution >= 4 is 147 Å². The van der Waals surface area contributed by atoms with Gasteiger partial charge in [0.1, 0.15) is 28.6 Å². The van der Waals surface area contributed by atoms with Crippen LogP contribution in [0.4, 0.5) is 0 Å². The Morgan fingerprint density at radius 2 is 0.777 bits per heavy atom. The van der Waals surface area contributed by atoms with Gasteiger partial charge in [-0.1, -0.05) is 209 Å². The topological polar surface area (TPSA) is 490 Å². The summed E-state index contributed by atoms with van der Waals surface area (Å²) in [5.74, 6) is -4.58. The van der Waals surface area contributed by atoms with Gasteiger partial charge in [-0.15, -0.1) is 0 Å². The van der Waals surface area contributed by atoms with E-state index in [1.54, 1.807) is 89.8 Å². The number of rotatable bonds is 49. The number of nitrogens with one attached hydrogen (secondary N) is 3. The van der Waals surface area contributed by atoms with Crippen LogP contribution in [0.5, 0.6) is 0 Å². The zero-order valence-corrected chi connectivity index (χ0v) is 87.9. The summed E-state index contributed by atoms with van der Waals surface area (Å²) in [6.45, 7) is 3.07. The highest BCUT2D eigenvalue weighted by molar-refractivity contribution is 7.89. The van der Waals surface area contributed by atoms with Crippen LogP contribution in [0.25, 0.3) is 33.3 Å². The van der Waals surface area contributed by atoms with E-state index in [0.29, 0.717) is 170 Å². The number of carbonyl (C=O) groups excluding carboxylic acids is 9. The Balaban J connectivity index is 0.000000175. The van der Waals surface area contributed by atoms with Crippen molar-refractivity contribution in [1.82, 2.24) is 44.4 Å². The first-order chi connectivity index (χ1) is 71.2. The molecule has 33 nitrogen and oxygen atoms in total. The number of halogens is 3. The van der Waals surface area contributed by atoms with E-state index in [1.165, 1.54) is 28.2 Å². The number of amides is 3. The summed E-state index contributed by atoms with van der Waals surface area (Å²) in [4.78, 5) is 149. The molecule has 2 aliphatic carbocycles. The molecule has 38 heteroatoms. The van der Waals surface area contributed by atoms with Crippen molar-refractivity contribution in [3.63, 3.8) is 0 Å². The summed E-state index contributed by atoms with van der Waals surface area (Å²) in [5, 5.41) is 5.20. The van der Waals surface area contributed by atoms with Gasteiger partial charge in [0.2, 0.25) is 55.1 Å². The van der Waals surface area contributed by atoms with Crippen molar-refractivity contribution in [2.75, 3.05) is 51.8 Å². The van der Waals surface area contributed by atoms with E-state index in [0.717, 1.165) is 92.6 Å². The minimum atomic E-state index is -3.76. The fourth-order valence-electron chi connectivity index (χ4n) is 20.9. The number of unbranched alkanes of at least 4 members (excludes halogenated alkanes) is 2. The number of ether oxygens (including phenoxy) is 3. The highest BCUT2D eigenvalue weighted by Crippen LogP contribution is 2.38. The molecule has 3 amide bonds. The summed E-state index contributed by atoms with van der Waals surface area (Å²) in [5.41, 5.74) is 30.6. The summed E-state index contributed by atoms with van der Waals surface area (Å²) in [6, 6.07) is 46.1. The predicted molar refractivity (Wildman–Crippen MR) is 566 cm³/mol. The van der Waals surface area contributed by atoms with Gasteiger partial charge in [0, 0.05) is 104 Å². The van der Waals surface area contributed by atoms with Gasteiger partial charge in [0.15, 0.2) is 40.1 Å². The molecule has 12 atom stereocenters. The number of nitrogens with zero attached hydrogens (tertiary/aromatic N) is 7. The lowest BCUT2D eigenvalue weighted by atomic mass is 9.85. The maximum Gasteiger partial charge on any atom is 0.264 e. The van der Waals surface area contributed by atoms with E-state index in [2.05, 4.69) is 40.8 Å². The second kappa shape index (κ2) is 54.7. The molecule has 0 bridgehead atoms. The monoisotopic (exact) mass is 2130 g/mol. The third-order valence-corrected chi connectivity index (χ3v) is 31.0. The van der Waals surface area contributed by atoms with Crippen LogP contribution in [-0.2, 0) is 95.8 Å². The van der Waals surface area contributed by atoms with Gasteiger partial charge in [0.05, 0.1) is 74.8 Å². The summed E-state index contributed by atoms with van der Waals surface area (Å²) >= 11 is 18.1. The second-order valence-corrected chi connectivity index (χ2v) is 44.9. The van der Waals surface area contributed by atoms with Gasteiger partial charge in [-0.3, -0.25) is 48.1 Å². The number of carbonyl (C=O) groups is 9. The molecule has 6 aliphatic rings. The molecular weight excluding hydrogens is 1990 g/mol. The zero-order valence-electron chi connectivity index (χ0n) is 84.0. The highest BCUT2D eigenvalue weighted by atomic mass is 35.5. The molecule has 16 rings (SSSR count).